The lowest BCUT2D eigenvalue weighted by Gasteiger charge is -2.11. The Hall–Kier alpha value is -2.66. The average Bonchev–Trinajstić information content (AvgIpc) is 2.65. The Kier molecular flexibility index (Phi) is 7.20. The first-order chi connectivity index (χ1) is 13.5. The molecule has 1 unspecified atom stereocenters. The number of rotatable bonds is 7. The Morgan fingerprint density at radius 1 is 0.966 bits per heavy atom. The van der Waals surface area contributed by atoms with Crippen LogP contribution in [0.15, 0.2) is 75.4 Å². The number of esters is 1. The van der Waals surface area contributed by atoms with Gasteiger partial charge in [0.25, 0.3) is 0 Å². The quantitative estimate of drug-likeness (QED) is 0.605. The maximum atomic E-state index is 12.9. The molecule has 0 radical (unpaired) electrons. The molecule has 1 atom stereocenters. The highest BCUT2D eigenvalue weighted by Gasteiger charge is 2.47. The molecule has 0 fully saturated rings. The molecule has 2 aromatic carbocycles. The summed E-state index contributed by atoms with van der Waals surface area (Å²) in [6.45, 7) is -0.246. The van der Waals surface area contributed by atoms with Gasteiger partial charge in [0.15, 0.2) is 0 Å². The van der Waals surface area contributed by atoms with Crippen LogP contribution < -0.4 is 0 Å². The number of alkyl halides is 3. The number of halogens is 3. The summed E-state index contributed by atoms with van der Waals surface area (Å²) in [4.78, 5) is 11.7. The SMILES string of the molecule is O=C(CS(=O)(=NS(=O)(=O)C(F)(F)F)c1ccccc1)OC/C=C/c1ccccc1. The maximum Gasteiger partial charge on any atom is 0.519 e. The van der Waals surface area contributed by atoms with Crippen molar-refractivity contribution in [1.82, 2.24) is 0 Å². The minimum Gasteiger partial charge on any atom is -0.461 e. The standard InChI is InChI=1S/C18H16F3NO5S2/c19-18(20,21)29(25,26)22-28(24,16-11-5-2-6-12-16)14-17(23)27-13-7-10-15-8-3-1-4-9-15/h1-12H,13-14H2/b10-7+. The molecular weight excluding hydrogens is 431 g/mol. The number of benzene rings is 2. The van der Waals surface area contributed by atoms with E-state index < -0.39 is 37.0 Å². The number of carbonyl (C=O) groups is 1. The van der Waals surface area contributed by atoms with Crippen molar-refractivity contribution < 1.29 is 35.3 Å². The molecule has 0 N–H and O–H groups in total. The number of carbonyl (C=O) groups excluding carboxylic acids is 1. The molecule has 0 saturated heterocycles. The van der Waals surface area contributed by atoms with E-state index in [1.165, 1.54) is 24.3 Å². The second-order valence-electron chi connectivity index (χ2n) is 5.59. The van der Waals surface area contributed by atoms with Gasteiger partial charge in [0, 0.05) is 4.90 Å². The summed E-state index contributed by atoms with van der Waals surface area (Å²) >= 11 is 0. The van der Waals surface area contributed by atoms with Crippen molar-refractivity contribution in [3.63, 3.8) is 0 Å². The van der Waals surface area contributed by atoms with E-state index in [-0.39, 0.29) is 11.5 Å². The normalized spacial score (nSPS) is 14.3. The lowest BCUT2D eigenvalue weighted by Crippen LogP contribution is -2.25. The van der Waals surface area contributed by atoms with Crippen molar-refractivity contribution in [1.29, 1.82) is 0 Å². The summed E-state index contributed by atoms with van der Waals surface area (Å²) in [5.74, 6) is -2.30. The van der Waals surface area contributed by atoms with Crippen molar-refractivity contribution >= 4 is 31.8 Å². The van der Waals surface area contributed by atoms with E-state index >= 15 is 0 Å². The Morgan fingerprint density at radius 2 is 1.52 bits per heavy atom. The number of hydrogen-bond acceptors (Lipinski definition) is 5. The summed E-state index contributed by atoms with van der Waals surface area (Å²) in [7, 11) is -10.4. The fourth-order valence-corrected chi connectivity index (χ4v) is 5.39. The van der Waals surface area contributed by atoms with Gasteiger partial charge in [-0.3, -0.25) is 4.79 Å². The van der Waals surface area contributed by atoms with Crippen LogP contribution in [0.2, 0.25) is 0 Å². The second kappa shape index (κ2) is 9.23. The van der Waals surface area contributed by atoms with Crippen LogP contribution in [0.4, 0.5) is 13.2 Å². The monoisotopic (exact) mass is 447 g/mol. The first-order valence-electron chi connectivity index (χ1n) is 8.03. The lowest BCUT2D eigenvalue weighted by molar-refractivity contribution is -0.139. The van der Waals surface area contributed by atoms with E-state index in [0.29, 0.717) is 0 Å². The fraction of sp³-hybridized carbons (Fsp3) is 0.167. The summed E-state index contributed by atoms with van der Waals surface area (Å²) in [5, 5.41) is 0. The highest BCUT2D eigenvalue weighted by Crippen LogP contribution is 2.28. The number of sulfonamides is 1. The van der Waals surface area contributed by atoms with Crippen LogP contribution >= 0.6 is 0 Å². The highest BCUT2D eigenvalue weighted by atomic mass is 32.3. The number of nitrogens with zero attached hydrogens (tertiary/aromatic N) is 1. The van der Waals surface area contributed by atoms with Gasteiger partial charge >= 0.3 is 21.5 Å². The van der Waals surface area contributed by atoms with Gasteiger partial charge in [-0.25, -0.2) is 4.21 Å². The van der Waals surface area contributed by atoms with Crippen molar-refractivity contribution in [2.24, 2.45) is 3.77 Å². The van der Waals surface area contributed by atoms with Crippen molar-refractivity contribution in [2.45, 2.75) is 10.4 Å². The van der Waals surface area contributed by atoms with Crippen LogP contribution in [0.3, 0.4) is 0 Å². The van der Waals surface area contributed by atoms with Crippen molar-refractivity contribution in [2.75, 3.05) is 12.4 Å². The van der Waals surface area contributed by atoms with Gasteiger partial charge in [0.2, 0.25) is 0 Å². The largest absolute Gasteiger partial charge is 0.519 e. The van der Waals surface area contributed by atoms with Gasteiger partial charge < -0.3 is 4.74 Å². The topological polar surface area (TPSA) is 89.9 Å². The number of ether oxygens (including phenoxy) is 1. The molecule has 0 amide bonds. The molecule has 0 heterocycles. The molecule has 0 aromatic heterocycles. The lowest BCUT2D eigenvalue weighted by atomic mass is 10.2. The molecule has 0 aliphatic carbocycles. The van der Waals surface area contributed by atoms with E-state index in [9.17, 15) is 30.6 Å². The van der Waals surface area contributed by atoms with E-state index in [1.807, 2.05) is 6.07 Å². The number of hydrogen-bond donors (Lipinski definition) is 0. The molecular formula is C18H16F3NO5S2. The summed E-state index contributed by atoms with van der Waals surface area (Å²) in [5.41, 5.74) is -4.92. The molecule has 6 nitrogen and oxygen atoms in total. The predicted molar refractivity (Wildman–Crippen MR) is 102 cm³/mol. The fourth-order valence-electron chi connectivity index (χ4n) is 2.08. The Labute approximate surface area is 166 Å². The van der Waals surface area contributed by atoms with Gasteiger partial charge in [-0.2, -0.15) is 21.6 Å². The van der Waals surface area contributed by atoms with Crippen molar-refractivity contribution in [3.05, 3.63) is 72.3 Å². The Bertz CT molecular complexity index is 1090. The summed E-state index contributed by atoms with van der Waals surface area (Å²) in [6, 6.07) is 15.4. The minimum absolute atomic E-state index is 0.246. The smallest absolute Gasteiger partial charge is 0.461 e. The van der Waals surface area contributed by atoms with Crippen LogP contribution in [-0.2, 0) is 29.3 Å². The zero-order valence-electron chi connectivity index (χ0n) is 14.8. The molecule has 2 rings (SSSR count). The molecule has 11 heteroatoms. The third kappa shape index (κ3) is 6.43. The van der Waals surface area contributed by atoms with Crippen LogP contribution in [0, 0.1) is 0 Å². The van der Waals surface area contributed by atoms with Crippen LogP contribution in [-0.4, -0.2) is 36.5 Å². The Morgan fingerprint density at radius 3 is 2.07 bits per heavy atom. The van der Waals surface area contributed by atoms with E-state index in [2.05, 4.69) is 3.77 Å². The van der Waals surface area contributed by atoms with E-state index in [1.54, 1.807) is 30.3 Å². The first-order valence-corrected chi connectivity index (χ1v) is 11.2. The van der Waals surface area contributed by atoms with Gasteiger partial charge in [0.05, 0.1) is 0 Å². The molecule has 0 spiro atoms. The molecule has 0 saturated carbocycles. The highest BCUT2D eigenvalue weighted by molar-refractivity contribution is 8.04. The Balaban J connectivity index is 2.22. The first kappa shape index (κ1) is 22.6. The third-order valence-corrected chi connectivity index (χ3v) is 7.36. The zero-order valence-corrected chi connectivity index (χ0v) is 16.4. The minimum atomic E-state index is -6.08. The molecule has 2 aromatic rings. The van der Waals surface area contributed by atoms with Gasteiger partial charge in [-0.1, -0.05) is 58.4 Å². The van der Waals surface area contributed by atoms with E-state index in [0.717, 1.165) is 17.7 Å². The summed E-state index contributed by atoms with van der Waals surface area (Å²) < 4.78 is 81.2. The molecule has 0 aliphatic heterocycles. The van der Waals surface area contributed by atoms with Crippen LogP contribution in [0.1, 0.15) is 5.56 Å². The van der Waals surface area contributed by atoms with Crippen LogP contribution in [0.25, 0.3) is 6.08 Å². The van der Waals surface area contributed by atoms with Gasteiger partial charge in [0.1, 0.15) is 22.1 Å². The van der Waals surface area contributed by atoms with Crippen LogP contribution in [0.5, 0.6) is 0 Å². The molecule has 0 bridgehead atoms. The molecule has 29 heavy (non-hydrogen) atoms. The molecule has 0 aliphatic rings. The second-order valence-corrected chi connectivity index (χ2v) is 9.64. The van der Waals surface area contributed by atoms with E-state index in [4.69, 9.17) is 4.74 Å². The van der Waals surface area contributed by atoms with Crippen molar-refractivity contribution in [3.8, 4) is 0 Å². The van der Waals surface area contributed by atoms with Gasteiger partial charge in [-0.15, -0.1) is 0 Å². The van der Waals surface area contributed by atoms with Gasteiger partial charge in [-0.05, 0) is 23.8 Å². The third-order valence-electron chi connectivity index (χ3n) is 3.39. The predicted octanol–water partition coefficient (Wildman–Crippen LogP) is 3.62. The molecule has 156 valence electrons. The maximum absolute atomic E-state index is 12.9. The summed E-state index contributed by atoms with van der Waals surface area (Å²) in [6.07, 6.45) is 3.11. The average molecular weight is 447 g/mol. The zero-order chi connectivity index (χ0) is 21.5.